The summed E-state index contributed by atoms with van der Waals surface area (Å²) in [6.07, 6.45) is 2.34. The Kier molecular flexibility index (Phi) is 3.22. The Morgan fingerprint density at radius 1 is 1.16 bits per heavy atom. The molecule has 19 heavy (non-hydrogen) atoms. The van der Waals surface area contributed by atoms with Crippen molar-refractivity contribution in [2.45, 2.75) is 26.0 Å². The number of nitrogens with zero attached hydrogens (tertiary/aromatic N) is 2. The number of anilines is 1. The van der Waals surface area contributed by atoms with Crippen LogP contribution in [0.1, 0.15) is 29.7 Å². The Hall–Kier alpha value is -1.87. The molecule has 0 amide bonds. The van der Waals surface area contributed by atoms with Crippen LogP contribution in [0.4, 0.5) is 5.82 Å². The van der Waals surface area contributed by atoms with Gasteiger partial charge in [-0.2, -0.15) is 0 Å². The van der Waals surface area contributed by atoms with Gasteiger partial charge in [0.1, 0.15) is 5.82 Å². The predicted molar refractivity (Wildman–Crippen MR) is 76.1 cm³/mol. The third-order valence-electron chi connectivity index (χ3n) is 3.70. The van der Waals surface area contributed by atoms with Crippen LogP contribution in [0.15, 0.2) is 42.6 Å². The molecule has 1 aromatic carbocycles. The van der Waals surface area contributed by atoms with E-state index >= 15 is 0 Å². The molecule has 0 saturated heterocycles. The highest BCUT2D eigenvalue weighted by atomic mass is 16.3. The molecule has 0 bridgehead atoms. The van der Waals surface area contributed by atoms with Crippen molar-refractivity contribution >= 4 is 5.82 Å². The van der Waals surface area contributed by atoms with Gasteiger partial charge in [0.25, 0.3) is 0 Å². The van der Waals surface area contributed by atoms with Gasteiger partial charge >= 0.3 is 0 Å². The van der Waals surface area contributed by atoms with E-state index in [4.69, 9.17) is 0 Å². The first-order valence-corrected chi connectivity index (χ1v) is 6.70. The maximum atomic E-state index is 9.86. The molecule has 0 radical (unpaired) electrons. The lowest BCUT2D eigenvalue weighted by molar-refractivity contribution is 0.199. The molecule has 0 spiro atoms. The van der Waals surface area contributed by atoms with Crippen molar-refractivity contribution in [3.05, 3.63) is 59.3 Å². The van der Waals surface area contributed by atoms with Gasteiger partial charge in [0.05, 0.1) is 6.10 Å². The van der Waals surface area contributed by atoms with Crippen molar-refractivity contribution in [1.29, 1.82) is 0 Å². The van der Waals surface area contributed by atoms with E-state index in [0.29, 0.717) is 0 Å². The van der Waals surface area contributed by atoms with Gasteiger partial charge in [-0.3, -0.25) is 0 Å². The third-order valence-corrected chi connectivity index (χ3v) is 3.70. The molecule has 98 valence electrons. The fraction of sp³-hybridized carbons (Fsp3) is 0.312. The molecule has 1 aliphatic rings. The van der Waals surface area contributed by atoms with Crippen molar-refractivity contribution in [3.63, 3.8) is 0 Å². The lowest BCUT2D eigenvalue weighted by Crippen LogP contribution is -2.32. The number of hydrogen-bond donors (Lipinski definition) is 1. The number of hydrogen-bond acceptors (Lipinski definition) is 3. The van der Waals surface area contributed by atoms with Crippen LogP contribution in [0.3, 0.4) is 0 Å². The van der Waals surface area contributed by atoms with Gasteiger partial charge in [0, 0.05) is 24.8 Å². The first-order valence-electron chi connectivity index (χ1n) is 6.70. The second-order valence-corrected chi connectivity index (χ2v) is 5.03. The van der Waals surface area contributed by atoms with Crippen LogP contribution in [0, 0.1) is 0 Å². The summed E-state index contributed by atoms with van der Waals surface area (Å²) in [7, 11) is 0. The maximum Gasteiger partial charge on any atom is 0.134 e. The van der Waals surface area contributed by atoms with Gasteiger partial charge in [-0.15, -0.1) is 0 Å². The molecule has 1 aromatic heterocycles. The molecule has 2 heterocycles. The quantitative estimate of drug-likeness (QED) is 0.895. The smallest absolute Gasteiger partial charge is 0.134 e. The van der Waals surface area contributed by atoms with Gasteiger partial charge < -0.3 is 10.0 Å². The van der Waals surface area contributed by atoms with Crippen LogP contribution in [-0.2, 0) is 13.0 Å². The lowest BCUT2D eigenvalue weighted by atomic mass is 9.99. The van der Waals surface area contributed by atoms with E-state index in [1.54, 1.807) is 13.1 Å². The molecule has 0 fully saturated rings. The lowest BCUT2D eigenvalue weighted by Gasteiger charge is -2.31. The minimum absolute atomic E-state index is 0.485. The average Bonchev–Trinajstić information content (AvgIpc) is 2.46. The first kappa shape index (κ1) is 12.2. The predicted octanol–water partition coefficient (Wildman–Crippen LogP) is 2.70. The van der Waals surface area contributed by atoms with E-state index in [1.807, 2.05) is 12.1 Å². The molecule has 2 aromatic rings. The minimum Gasteiger partial charge on any atom is -0.389 e. The Bertz CT molecular complexity index is 580. The van der Waals surface area contributed by atoms with Crippen LogP contribution in [-0.4, -0.2) is 16.6 Å². The molecule has 3 nitrogen and oxygen atoms in total. The van der Waals surface area contributed by atoms with Crippen molar-refractivity contribution in [3.8, 4) is 0 Å². The Balaban J connectivity index is 1.93. The minimum atomic E-state index is -0.485. The number of aliphatic hydroxyl groups excluding tert-OH is 1. The topological polar surface area (TPSA) is 36.4 Å². The fourth-order valence-corrected chi connectivity index (χ4v) is 2.68. The highest BCUT2D eigenvalue weighted by molar-refractivity contribution is 5.50. The second kappa shape index (κ2) is 5.02. The summed E-state index contributed by atoms with van der Waals surface area (Å²) in [6.45, 7) is 3.61. The Morgan fingerprint density at radius 3 is 2.74 bits per heavy atom. The number of pyridine rings is 1. The fourth-order valence-electron chi connectivity index (χ4n) is 2.68. The molecular formula is C16H18N2O. The molecule has 0 saturated carbocycles. The summed E-state index contributed by atoms with van der Waals surface area (Å²) in [4.78, 5) is 6.72. The standard InChI is InChI=1S/C16H18N2O/c1-12(19)15-7-4-9-17-16(15)18-10-8-13-5-2-3-6-14(13)11-18/h2-7,9,12,19H,8,10-11H2,1H3. The zero-order valence-corrected chi connectivity index (χ0v) is 11.1. The van der Waals surface area contributed by atoms with Crippen LogP contribution >= 0.6 is 0 Å². The maximum absolute atomic E-state index is 9.86. The highest BCUT2D eigenvalue weighted by Gasteiger charge is 2.20. The number of fused-ring (bicyclic) bond motifs is 1. The van der Waals surface area contributed by atoms with Gasteiger partial charge in [0.2, 0.25) is 0 Å². The summed E-state index contributed by atoms with van der Waals surface area (Å²) in [6, 6.07) is 12.4. The molecule has 1 N–H and O–H groups in total. The second-order valence-electron chi connectivity index (χ2n) is 5.03. The van der Waals surface area contributed by atoms with Crippen molar-refractivity contribution in [2.24, 2.45) is 0 Å². The number of aromatic nitrogens is 1. The summed E-state index contributed by atoms with van der Waals surface area (Å²) in [5.41, 5.74) is 3.69. The van der Waals surface area contributed by atoms with Crippen LogP contribution in [0.25, 0.3) is 0 Å². The van der Waals surface area contributed by atoms with E-state index in [9.17, 15) is 5.11 Å². The van der Waals surface area contributed by atoms with E-state index in [-0.39, 0.29) is 0 Å². The summed E-state index contributed by atoms with van der Waals surface area (Å²) in [5.74, 6) is 0.909. The SMILES string of the molecule is CC(O)c1cccnc1N1CCc2ccccc2C1. The molecule has 1 atom stereocenters. The molecule has 1 unspecified atom stereocenters. The summed E-state index contributed by atoms with van der Waals surface area (Å²) in [5, 5.41) is 9.86. The van der Waals surface area contributed by atoms with Crippen molar-refractivity contribution in [2.75, 3.05) is 11.4 Å². The van der Waals surface area contributed by atoms with E-state index in [2.05, 4.69) is 34.1 Å². The van der Waals surface area contributed by atoms with Crippen LogP contribution in [0.2, 0.25) is 0 Å². The Morgan fingerprint density at radius 2 is 1.95 bits per heavy atom. The van der Waals surface area contributed by atoms with Gasteiger partial charge in [-0.25, -0.2) is 4.98 Å². The number of benzene rings is 1. The van der Waals surface area contributed by atoms with Crippen molar-refractivity contribution < 1.29 is 5.11 Å². The van der Waals surface area contributed by atoms with Gasteiger partial charge in [-0.05, 0) is 30.5 Å². The molecule has 3 rings (SSSR count). The zero-order chi connectivity index (χ0) is 13.2. The molecular weight excluding hydrogens is 236 g/mol. The van der Waals surface area contributed by atoms with E-state index in [0.717, 1.165) is 30.9 Å². The largest absolute Gasteiger partial charge is 0.389 e. The van der Waals surface area contributed by atoms with E-state index in [1.165, 1.54) is 11.1 Å². The van der Waals surface area contributed by atoms with Gasteiger partial charge in [-0.1, -0.05) is 30.3 Å². The third kappa shape index (κ3) is 2.34. The van der Waals surface area contributed by atoms with Crippen molar-refractivity contribution in [1.82, 2.24) is 4.98 Å². The highest BCUT2D eigenvalue weighted by Crippen LogP contribution is 2.28. The van der Waals surface area contributed by atoms with Gasteiger partial charge in [0.15, 0.2) is 0 Å². The summed E-state index contributed by atoms with van der Waals surface area (Å²) >= 11 is 0. The monoisotopic (exact) mass is 254 g/mol. The normalized spacial score (nSPS) is 16.0. The molecule has 0 aliphatic carbocycles. The zero-order valence-electron chi connectivity index (χ0n) is 11.1. The van der Waals surface area contributed by atoms with Crippen LogP contribution in [0.5, 0.6) is 0 Å². The van der Waals surface area contributed by atoms with Crippen LogP contribution < -0.4 is 4.90 Å². The van der Waals surface area contributed by atoms with E-state index < -0.39 is 6.10 Å². The number of aliphatic hydroxyl groups is 1. The first-order chi connectivity index (χ1) is 9.25. The molecule has 3 heteroatoms. The summed E-state index contributed by atoms with van der Waals surface area (Å²) < 4.78 is 0. The molecule has 1 aliphatic heterocycles. The number of rotatable bonds is 2. The average molecular weight is 254 g/mol. The Labute approximate surface area is 113 Å².